The maximum Gasteiger partial charge on any atom is 0.671 e. The van der Waals surface area contributed by atoms with E-state index in [2.05, 4.69) is 21.3 Å². The van der Waals surface area contributed by atoms with Gasteiger partial charge >= 0.3 is 13.7 Å². The first-order chi connectivity index (χ1) is 8.80. The van der Waals surface area contributed by atoms with Gasteiger partial charge in [0.05, 0.1) is 0 Å². The molecule has 0 radical (unpaired) electrons. The van der Waals surface area contributed by atoms with Crippen molar-refractivity contribution in [2.24, 2.45) is 5.73 Å². The fraction of sp³-hybridized carbons (Fsp3) is 0.750. The zero-order chi connectivity index (χ0) is 15.3. The minimum Gasteiger partial charge on any atom is -0.400 e. The van der Waals surface area contributed by atoms with Crippen LogP contribution in [0, 0.1) is 22.7 Å². The standard InChI is InChI=1S/C4H2BF3N2O4.C4H11N/c6-4(7,8)13-5(11)14-12-3(1-9)2-10;1-2-3-4-5/h3,11H;2-5H2,1H3. The Morgan fingerprint density at radius 3 is 2.16 bits per heavy atom. The van der Waals surface area contributed by atoms with Gasteiger partial charge in [0.25, 0.3) is 6.10 Å². The van der Waals surface area contributed by atoms with E-state index in [1.165, 1.54) is 25.0 Å². The molecule has 11 heteroatoms. The molecule has 0 unspecified atom stereocenters. The number of rotatable bonds is 6. The van der Waals surface area contributed by atoms with Crippen molar-refractivity contribution in [2.75, 3.05) is 6.54 Å². The van der Waals surface area contributed by atoms with E-state index >= 15 is 0 Å². The Bertz CT molecular complexity index is 289. The molecule has 19 heavy (non-hydrogen) atoms. The molecule has 0 amide bonds. The molecule has 0 aliphatic rings. The average Bonchev–Trinajstić information content (AvgIpc) is 2.30. The van der Waals surface area contributed by atoms with Crippen LogP contribution < -0.4 is 5.73 Å². The Morgan fingerprint density at radius 1 is 1.37 bits per heavy atom. The van der Waals surface area contributed by atoms with Crippen molar-refractivity contribution >= 4 is 7.32 Å². The molecular formula is C8H13BF3N3O4. The van der Waals surface area contributed by atoms with Crippen molar-refractivity contribution in [3.8, 4) is 12.1 Å². The number of hydrogen-bond donors (Lipinski definition) is 2. The van der Waals surface area contributed by atoms with Crippen LogP contribution >= 0.6 is 0 Å². The first kappa shape index (κ1) is 20.0. The molecule has 0 aromatic rings. The molecule has 0 fully saturated rings. The fourth-order valence-electron chi connectivity index (χ4n) is 0.513. The molecule has 0 aromatic carbocycles. The van der Waals surface area contributed by atoms with E-state index in [4.69, 9.17) is 21.3 Å². The summed E-state index contributed by atoms with van der Waals surface area (Å²) in [5.41, 5.74) is 5.14. The molecule has 0 aliphatic carbocycles. The van der Waals surface area contributed by atoms with Crippen LogP contribution in [0.1, 0.15) is 19.8 Å². The molecule has 0 heterocycles. The van der Waals surface area contributed by atoms with Crippen molar-refractivity contribution in [1.82, 2.24) is 0 Å². The molecule has 0 aromatic heterocycles. The van der Waals surface area contributed by atoms with Gasteiger partial charge in [0.2, 0.25) is 0 Å². The third-order valence-electron chi connectivity index (χ3n) is 1.26. The topological polar surface area (TPSA) is 122 Å². The zero-order valence-corrected chi connectivity index (χ0v) is 10.1. The zero-order valence-electron chi connectivity index (χ0n) is 10.1. The lowest BCUT2D eigenvalue weighted by molar-refractivity contribution is -0.319. The van der Waals surface area contributed by atoms with Crippen molar-refractivity contribution in [2.45, 2.75) is 32.2 Å². The number of hydrogen-bond acceptors (Lipinski definition) is 7. The highest BCUT2D eigenvalue weighted by Crippen LogP contribution is 2.17. The van der Waals surface area contributed by atoms with Crippen molar-refractivity contribution in [1.29, 1.82) is 10.5 Å². The van der Waals surface area contributed by atoms with Gasteiger partial charge < -0.3 is 10.8 Å². The smallest absolute Gasteiger partial charge is 0.400 e. The van der Waals surface area contributed by atoms with Crippen molar-refractivity contribution in [3.05, 3.63) is 0 Å². The molecule has 108 valence electrons. The third kappa shape index (κ3) is 16.6. The number of unbranched alkanes of at least 4 members (excludes halogenated alkanes) is 1. The summed E-state index contributed by atoms with van der Waals surface area (Å²) in [7, 11) is -2.75. The molecule has 7 nitrogen and oxygen atoms in total. The minimum atomic E-state index is -5.11. The van der Waals surface area contributed by atoms with Crippen LogP contribution in [0.15, 0.2) is 0 Å². The first-order valence-corrected chi connectivity index (χ1v) is 5.04. The fourth-order valence-corrected chi connectivity index (χ4v) is 0.513. The summed E-state index contributed by atoms with van der Waals surface area (Å²) in [5.74, 6) is 0. The van der Waals surface area contributed by atoms with Crippen LogP contribution in [0.3, 0.4) is 0 Å². The number of nitrogens with zero attached hydrogens (tertiary/aromatic N) is 2. The van der Waals surface area contributed by atoms with Gasteiger partial charge in [-0.2, -0.15) is 10.5 Å². The molecule has 0 bridgehead atoms. The maximum atomic E-state index is 11.3. The third-order valence-corrected chi connectivity index (χ3v) is 1.26. The van der Waals surface area contributed by atoms with E-state index in [1.54, 1.807) is 0 Å². The summed E-state index contributed by atoms with van der Waals surface area (Å²) >= 11 is 0. The molecule has 0 spiro atoms. The summed E-state index contributed by atoms with van der Waals surface area (Å²) in [6.45, 7) is 2.98. The molecular weight excluding hydrogens is 270 g/mol. The van der Waals surface area contributed by atoms with Gasteiger partial charge in [0, 0.05) is 0 Å². The molecule has 0 saturated heterocycles. The van der Waals surface area contributed by atoms with Crippen LogP contribution in [-0.2, 0) is 14.3 Å². The van der Waals surface area contributed by atoms with Gasteiger partial charge in [-0.15, -0.1) is 13.2 Å². The highest BCUT2D eigenvalue weighted by Gasteiger charge is 2.38. The Morgan fingerprint density at radius 2 is 1.89 bits per heavy atom. The van der Waals surface area contributed by atoms with Gasteiger partial charge in [-0.1, -0.05) is 13.3 Å². The van der Waals surface area contributed by atoms with E-state index in [1.807, 2.05) is 0 Å². The van der Waals surface area contributed by atoms with Gasteiger partial charge in [0.15, 0.2) is 0 Å². The summed E-state index contributed by atoms with van der Waals surface area (Å²) in [6.07, 6.45) is -4.48. The van der Waals surface area contributed by atoms with Crippen LogP contribution in [-0.4, -0.2) is 31.4 Å². The van der Waals surface area contributed by atoms with Crippen molar-refractivity contribution < 1.29 is 32.5 Å². The molecule has 0 rings (SSSR count). The predicted octanol–water partition coefficient (Wildman–Crippen LogP) is 0.609. The predicted molar refractivity (Wildman–Crippen MR) is 56.3 cm³/mol. The second-order valence-corrected chi connectivity index (χ2v) is 2.84. The van der Waals surface area contributed by atoms with Gasteiger partial charge in [-0.3, -0.25) is 4.65 Å². The molecule has 0 aliphatic heterocycles. The van der Waals surface area contributed by atoms with Gasteiger partial charge in [-0.25, -0.2) is 9.69 Å². The molecule has 0 saturated carbocycles. The quantitative estimate of drug-likeness (QED) is 0.416. The van der Waals surface area contributed by atoms with Gasteiger partial charge in [-0.05, 0) is 13.0 Å². The number of halogens is 3. The Balaban J connectivity index is 0. The lowest BCUT2D eigenvalue weighted by atomic mass is 10.3. The summed E-state index contributed by atoms with van der Waals surface area (Å²) in [4.78, 5) is 7.28. The van der Waals surface area contributed by atoms with E-state index in [0.717, 1.165) is 6.54 Å². The normalized spacial score (nSPS) is 10.2. The maximum absolute atomic E-state index is 11.3. The minimum absolute atomic E-state index is 0.844. The van der Waals surface area contributed by atoms with Crippen LogP contribution in [0.2, 0.25) is 0 Å². The highest BCUT2D eigenvalue weighted by molar-refractivity contribution is 6.34. The number of nitrogens with two attached hydrogens (primary N) is 1. The Labute approximate surface area is 108 Å². The van der Waals surface area contributed by atoms with Crippen LogP contribution in [0.5, 0.6) is 0 Å². The Hall–Kier alpha value is -1.37. The second-order valence-electron chi connectivity index (χ2n) is 2.84. The van der Waals surface area contributed by atoms with Crippen LogP contribution in [0.4, 0.5) is 13.2 Å². The SMILES string of the molecule is CCCCN.N#CC(C#N)OOB(O)OC(F)(F)F. The summed E-state index contributed by atoms with van der Waals surface area (Å²) in [5, 5.41) is 24.4. The van der Waals surface area contributed by atoms with Crippen molar-refractivity contribution in [3.63, 3.8) is 0 Å². The molecule has 3 N–H and O–H groups in total. The summed E-state index contributed by atoms with van der Waals surface area (Å²) < 4.78 is 36.9. The van der Waals surface area contributed by atoms with E-state index in [9.17, 15) is 13.2 Å². The van der Waals surface area contributed by atoms with E-state index < -0.39 is 19.8 Å². The van der Waals surface area contributed by atoms with Crippen LogP contribution in [0.25, 0.3) is 0 Å². The van der Waals surface area contributed by atoms with Gasteiger partial charge in [0.1, 0.15) is 12.1 Å². The largest absolute Gasteiger partial charge is 0.671 e. The first-order valence-electron chi connectivity index (χ1n) is 5.04. The molecule has 0 atom stereocenters. The van der Waals surface area contributed by atoms with E-state index in [0.29, 0.717) is 0 Å². The highest BCUT2D eigenvalue weighted by atomic mass is 19.4. The Kier molecular flexibility index (Phi) is 12.3. The average molecular weight is 283 g/mol. The monoisotopic (exact) mass is 283 g/mol. The second kappa shape index (κ2) is 11.7. The lowest BCUT2D eigenvalue weighted by Gasteiger charge is -2.09. The van der Waals surface area contributed by atoms with E-state index in [-0.39, 0.29) is 0 Å². The number of alkyl halides is 3. The lowest BCUT2D eigenvalue weighted by Crippen LogP contribution is -2.32. The number of nitriles is 2. The summed E-state index contributed by atoms with van der Waals surface area (Å²) in [6, 6.07) is 2.43.